The maximum absolute atomic E-state index is 15.2. The van der Waals surface area contributed by atoms with Crippen molar-refractivity contribution in [1.82, 2.24) is 35.2 Å². The van der Waals surface area contributed by atoms with Crippen LogP contribution in [0.1, 0.15) is 94.1 Å². The third-order valence-corrected chi connectivity index (χ3v) is 13.3. The molecule has 66 heavy (non-hydrogen) atoms. The van der Waals surface area contributed by atoms with Crippen molar-refractivity contribution in [3.8, 4) is 27.3 Å². The largest absolute Gasteiger partial charge is 0.372 e. The van der Waals surface area contributed by atoms with Gasteiger partial charge in [-0.3, -0.25) is 14.4 Å². The van der Waals surface area contributed by atoms with Crippen LogP contribution in [0.5, 0.6) is 0 Å². The first-order chi connectivity index (χ1) is 31.6. The van der Waals surface area contributed by atoms with Crippen LogP contribution in [0.4, 0.5) is 15.8 Å². The van der Waals surface area contributed by atoms with Gasteiger partial charge in [0.1, 0.15) is 30.3 Å². The van der Waals surface area contributed by atoms with E-state index in [9.17, 15) is 14.4 Å². The highest BCUT2D eigenvalue weighted by Crippen LogP contribution is 2.37. The van der Waals surface area contributed by atoms with Crippen molar-refractivity contribution in [2.75, 3.05) is 31.2 Å². The summed E-state index contributed by atoms with van der Waals surface area (Å²) in [5.74, 6) is -0.496. The number of thiazole rings is 1. The number of rotatable bonds is 18. The number of carbonyl (C=O) groups is 3. The minimum atomic E-state index is -0.853. The molecular formula is C51H61FN8O5S. The van der Waals surface area contributed by atoms with Gasteiger partial charge in [-0.15, -0.1) is 11.3 Å². The summed E-state index contributed by atoms with van der Waals surface area (Å²) in [5, 5.41) is 10.2. The fraction of sp³-hybridized carbons (Fsp3) is 0.412. The fourth-order valence-electron chi connectivity index (χ4n) is 8.64. The van der Waals surface area contributed by atoms with Gasteiger partial charge in [-0.25, -0.2) is 14.4 Å². The van der Waals surface area contributed by atoms with Crippen LogP contribution in [0.15, 0.2) is 89.4 Å². The molecule has 15 heteroatoms. The van der Waals surface area contributed by atoms with Gasteiger partial charge in [-0.1, -0.05) is 62.3 Å². The zero-order valence-corrected chi connectivity index (χ0v) is 40.0. The number of ether oxygens (including phenoxy) is 1. The van der Waals surface area contributed by atoms with Gasteiger partial charge in [0, 0.05) is 49.0 Å². The Balaban J connectivity index is 0.927. The Labute approximate surface area is 390 Å². The molecule has 0 radical (unpaired) electrons. The number of anilines is 2. The number of imidazole rings is 1. The van der Waals surface area contributed by atoms with E-state index in [0.717, 1.165) is 74.1 Å². The summed E-state index contributed by atoms with van der Waals surface area (Å²) in [7, 11) is 0. The van der Waals surface area contributed by atoms with Crippen LogP contribution in [0.25, 0.3) is 27.3 Å². The molecule has 3 amide bonds. The second-order valence-corrected chi connectivity index (χ2v) is 19.1. The lowest BCUT2D eigenvalue weighted by molar-refractivity contribution is -0.144. The maximum Gasteiger partial charge on any atom is 0.246 e. The van der Waals surface area contributed by atoms with Gasteiger partial charge in [0.15, 0.2) is 0 Å². The molecule has 2 N–H and O–H groups in total. The second kappa shape index (κ2) is 21.0. The molecule has 0 spiro atoms. The molecule has 4 heterocycles. The van der Waals surface area contributed by atoms with E-state index in [1.165, 1.54) is 6.07 Å². The highest BCUT2D eigenvalue weighted by Gasteiger charge is 2.42. The number of hydrogen-bond acceptors (Lipinski definition) is 10. The maximum atomic E-state index is 15.2. The Morgan fingerprint density at radius 3 is 2.42 bits per heavy atom. The number of likely N-dealkylation sites (tertiary alicyclic amines) is 1. The van der Waals surface area contributed by atoms with E-state index in [-0.39, 0.29) is 36.2 Å². The Bertz CT molecular complexity index is 2600. The van der Waals surface area contributed by atoms with E-state index < -0.39 is 17.5 Å². The molecule has 6 aromatic rings. The van der Waals surface area contributed by atoms with Crippen LogP contribution in [0.3, 0.4) is 0 Å². The number of halogens is 1. The van der Waals surface area contributed by atoms with Crippen molar-refractivity contribution in [3.05, 3.63) is 119 Å². The molecule has 0 aliphatic carbocycles. The summed E-state index contributed by atoms with van der Waals surface area (Å²) in [6, 6.07) is 17.7. The number of nitrogens with zero attached hydrogens (tertiary/aromatic N) is 6. The Hall–Kier alpha value is -6.19. The van der Waals surface area contributed by atoms with E-state index in [0.29, 0.717) is 44.6 Å². The van der Waals surface area contributed by atoms with E-state index in [4.69, 9.17) is 9.26 Å². The van der Waals surface area contributed by atoms with Crippen molar-refractivity contribution in [2.24, 2.45) is 5.41 Å². The molecule has 13 nitrogen and oxygen atoms in total. The average Bonchev–Trinajstić information content (AvgIpc) is 4.13. The zero-order chi connectivity index (χ0) is 47.1. The number of unbranched alkanes of at least 4 members (excludes halogenated alkanes) is 2. The zero-order valence-electron chi connectivity index (χ0n) is 39.2. The lowest BCUT2D eigenvalue weighted by Gasteiger charge is -2.35. The molecule has 0 saturated carbocycles. The van der Waals surface area contributed by atoms with Gasteiger partial charge in [0.05, 0.1) is 39.8 Å². The van der Waals surface area contributed by atoms with Crippen LogP contribution >= 0.6 is 11.3 Å². The van der Waals surface area contributed by atoms with Gasteiger partial charge >= 0.3 is 0 Å². The van der Waals surface area contributed by atoms with Crippen molar-refractivity contribution in [3.63, 3.8) is 0 Å². The van der Waals surface area contributed by atoms with Crippen molar-refractivity contribution in [2.45, 2.75) is 106 Å². The van der Waals surface area contributed by atoms with Gasteiger partial charge in [-0.05, 0) is 119 Å². The molecule has 7 rings (SSSR count). The first-order valence-corrected chi connectivity index (χ1v) is 23.6. The Morgan fingerprint density at radius 1 is 0.970 bits per heavy atom. The smallest absolute Gasteiger partial charge is 0.246 e. The van der Waals surface area contributed by atoms with Crippen LogP contribution in [0.2, 0.25) is 0 Å². The molecule has 1 aliphatic rings. The minimum Gasteiger partial charge on any atom is -0.372 e. The Kier molecular flexibility index (Phi) is 15.2. The van der Waals surface area contributed by atoms with Crippen molar-refractivity contribution < 1.29 is 28.0 Å². The highest BCUT2D eigenvalue weighted by atomic mass is 32.1. The van der Waals surface area contributed by atoms with Gasteiger partial charge in [-0.2, -0.15) is 0 Å². The summed E-state index contributed by atoms with van der Waals surface area (Å²) in [4.78, 5) is 54.6. The minimum absolute atomic E-state index is 0.199. The number of carbonyl (C=O) groups excluding carboxylic acids is 3. The van der Waals surface area contributed by atoms with Crippen LogP contribution in [0, 0.1) is 38.9 Å². The number of aromatic nitrogens is 4. The van der Waals surface area contributed by atoms with E-state index in [1.54, 1.807) is 45.6 Å². The summed E-state index contributed by atoms with van der Waals surface area (Å²) in [6.07, 6.45) is 8.44. The molecule has 1 aliphatic heterocycles. The van der Waals surface area contributed by atoms with Crippen molar-refractivity contribution >= 4 is 40.4 Å². The van der Waals surface area contributed by atoms with Crippen LogP contribution < -0.4 is 15.5 Å². The third-order valence-electron chi connectivity index (χ3n) is 12.3. The quantitative estimate of drug-likeness (QED) is 0.0805. The lowest BCUT2D eigenvalue weighted by Crippen LogP contribution is -2.58. The van der Waals surface area contributed by atoms with Crippen LogP contribution in [-0.2, 0) is 19.1 Å². The monoisotopic (exact) mass is 916 g/mol. The van der Waals surface area contributed by atoms with Gasteiger partial charge < -0.3 is 34.3 Å². The SMILES string of the molecule is Cc1ccc(-c2c(C)noc2C)cc1N(CCCCCOCC(=O)N[C@H](C(=O)N1CCC[C@H]1C(=O)N[C@@H](C)c1ccc(-c2scnc2C)cc1)C(C)(C)C)c1ccc(F)c(-n2ccnc2)c1. The predicted octanol–water partition coefficient (Wildman–Crippen LogP) is 9.75. The first kappa shape index (κ1) is 47.8. The number of benzene rings is 3. The number of amides is 3. The van der Waals surface area contributed by atoms with Gasteiger partial charge in [0.2, 0.25) is 17.7 Å². The number of hydrogen-bond donors (Lipinski definition) is 2. The third kappa shape index (κ3) is 11.1. The molecule has 3 aromatic heterocycles. The molecule has 348 valence electrons. The molecule has 0 unspecified atom stereocenters. The summed E-state index contributed by atoms with van der Waals surface area (Å²) < 4.78 is 28.2. The standard InChI is InChI=1S/C51H61FN8O5S/c1-32-14-15-39(46-34(3)57-65-36(46)5)27-43(32)59(40-20-21-41(52)44(28-40)58-25-22-53-30-58)23-10-9-11-26-64-29-45(61)56-48(51(6,7)8)50(63)60-24-12-13-42(60)49(62)55-33(2)37-16-18-38(19-17-37)47-35(4)54-31-66-47/h14-22,25,27-28,30-31,33,42,48H,9-13,23-24,26,29H2,1-8H3,(H,55,62)(H,56,61)/t33-,42-,48+/m0/s1. The Morgan fingerprint density at radius 2 is 1.74 bits per heavy atom. The van der Waals surface area contributed by atoms with E-state index >= 15 is 4.39 Å². The molecule has 3 aromatic carbocycles. The number of aryl methyl sites for hydroxylation is 4. The predicted molar refractivity (Wildman–Crippen MR) is 256 cm³/mol. The normalized spacial score (nSPS) is 14.9. The fourth-order valence-corrected chi connectivity index (χ4v) is 9.45. The van der Waals surface area contributed by atoms with Crippen molar-refractivity contribution in [1.29, 1.82) is 0 Å². The average molecular weight is 917 g/mol. The summed E-state index contributed by atoms with van der Waals surface area (Å²) in [6.45, 7) is 16.8. The lowest BCUT2D eigenvalue weighted by atomic mass is 9.85. The van der Waals surface area contributed by atoms with E-state index in [2.05, 4.69) is 55.8 Å². The second-order valence-electron chi connectivity index (χ2n) is 18.2. The first-order valence-electron chi connectivity index (χ1n) is 22.7. The molecule has 1 saturated heterocycles. The molecule has 1 fully saturated rings. The molecular weight excluding hydrogens is 856 g/mol. The number of nitrogens with one attached hydrogen (secondary N) is 2. The molecule has 3 atom stereocenters. The summed E-state index contributed by atoms with van der Waals surface area (Å²) in [5.41, 5.74) is 10.2. The summed E-state index contributed by atoms with van der Waals surface area (Å²) >= 11 is 1.60. The highest BCUT2D eigenvalue weighted by molar-refractivity contribution is 7.13. The van der Waals surface area contributed by atoms with Gasteiger partial charge in [0.25, 0.3) is 0 Å². The van der Waals surface area contributed by atoms with E-state index in [1.807, 2.05) is 84.3 Å². The molecule has 0 bridgehead atoms. The van der Waals surface area contributed by atoms with Crippen LogP contribution in [-0.4, -0.2) is 80.7 Å². The topological polar surface area (TPSA) is 148 Å².